The first-order valence-electron chi connectivity index (χ1n) is 6.84. The van der Waals surface area contributed by atoms with Crippen LogP contribution in [0.5, 0.6) is 0 Å². The number of hydrogen-bond acceptors (Lipinski definition) is 3. The van der Waals surface area contributed by atoms with Crippen LogP contribution in [0.15, 0.2) is 6.07 Å². The third-order valence-electron chi connectivity index (χ3n) is 3.73. The first-order chi connectivity index (χ1) is 8.83. The Hall–Kier alpha value is -0.870. The van der Waals surface area contributed by atoms with Crippen LogP contribution in [0.3, 0.4) is 0 Å². The molecule has 0 unspecified atom stereocenters. The molecule has 1 aliphatic heterocycles. The van der Waals surface area contributed by atoms with E-state index < -0.39 is 0 Å². The maximum atomic E-state index is 12.1. The van der Waals surface area contributed by atoms with Crippen molar-refractivity contribution in [3.63, 3.8) is 0 Å². The van der Waals surface area contributed by atoms with Crippen LogP contribution in [0, 0.1) is 0 Å². The van der Waals surface area contributed by atoms with Crippen molar-refractivity contribution in [3.8, 4) is 0 Å². The maximum absolute atomic E-state index is 12.1. The van der Waals surface area contributed by atoms with E-state index in [2.05, 4.69) is 11.4 Å². The molecule has 3 nitrogen and oxygen atoms in total. The summed E-state index contributed by atoms with van der Waals surface area (Å²) in [6.45, 7) is 1.50. The molecule has 0 bridgehead atoms. The van der Waals surface area contributed by atoms with Crippen molar-refractivity contribution < 1.29 is 9.53 Å². The van der Waals surface area contributed by atoms with Crippen molar-refractivity contribution in [3.05, 3.63) is 21.4 Å². The Labute approximate surface area is 112 Å². The van der Waals surface area contributed by atoms with E-state index in [1.54, 1.807) is 11.3 Å². The number of thiophene rings is 1. The molecule has 1 atom stereocenters. The highest BCUT2D eigenvalue weighted by atomic mass is 32.1. The van der Waals surface area contributed by atoms with E-state index in [0.29, 0.717) is 6.54 Å². The molecule has 2 heterocycles. The van der Waals surface area contributed by atoms with Crippen molar-refractivity contribution >= 4 is 17.2 Å². The second-order valence-electron chi connectivity index (χ2n) is 5.11. The monoisotopic (exact) mass is 265 g/mol. The summed E-state index contributed by atoms with van der Waals surface area (Å²) in [5.41, 5.74) is 1.40. The number of rotatable bonds is 3. The zero-order valence-corrected chi connectivity index (χ0v) is 11.4. The average molecular weight is 265 g/mol. The summed E-state index contributed by atoms with van der Waals surface area (Å²) in [5.74, 6) is 0.0740. The second kappa shape index (κ2) is 5.41. The molecule has 18 heavy (non-hydrogen) atoms. The highest BCUT2D eigenvalue weighted by Gasteiger charge is 2.19. The lowest BCUT2D eigenvalue weighted by Gasteiger charge is -2.09. The minimum Gasteiger partial charge on any atom is -0.376 e. The van der Waals surface area contributed by atoms with E-state index in [1.165, 1.54) is 23.3 Å². The number of amides is 1. The number of ether oxygens (including phenoxy) is 1. The molecular formula is C14H19NO2S. The van der Waals surface area contributed by atoms with Gasteiger partial charge in [0.15, 0.2) is 0 Å². The highest BCUT2D eigenvalue weighted by Crippen LogP contribution is 2.29. The van der Waals surface area contributed by atoms with Crippen molar-refractivity contribution in [1.29, 1.82) is 0 Å². The molecule has 0 saturated carbocycles. The fourth-order valence-electron chi connectivity index (χ4n) is 2.70. The van der Waals surface area contributed by atoms with Gasteiger partial charge in [0.25, 0.3) is 5.91 Å². The van der Waals surface area contributed by atoms with Crippen LogP contribution in [-0.2, 0) is 17.6 Å². The molecule has 1 aromatic heterocycles. The standard InChI is InChI=1S/C14H19NO2S/c16-14(15-9-11-5-3-7-17-11)13-8-10-4-1-2-6-12(10)18-13/h8,11H,1-7,9H2,(H,15,16)/t11-/m0/s1. The Kier molecular flexibility index (Phi) is 3.66. The van der Waals surface area contributed by atoms with E-state index >= 15 is 0 Å². The minimum atomic E-state index is 0.0740. The Balaban J connectivity index is 1.59. The third kappa shape index (κ3) is 2.59. The first kappa shape index (κ1) is 12.2. The molecule has 1 amide bonds. The molecule has 1 aliphatic carbocycles. The minimum absolute atomic E-state index is 0.0740. The number of aryl methyl sites for hydroxylation is 2. The van der Waals surface area contributed by atoms with Gasteiger partial charge in [-0.25, -0.2) is 0 Å². The van der Waals surface area contributed by atoms with Gasteiger partial charge >= 0.3 is 0 Å². The van der Waals surface area contributed by atoms with E-state index in [-0.39, 0.29) is 12.0 Å². The van der Waals surface area contributed by atoms with Crippen molar-refractivity contribution in [2.45, 2.75) is 44.6 Å². The largest absolute Gasteiger partial charge is 0.376 e. The van der Waals surface area contributed by atoms with Crippen LogP contribution < -0.4 is 5.32 Å². The summed E-state index contributed by atoms with van der Waals surface area (Å²) in [6, 6.07) is 2.09. The molecule has 0 aromatic carbocycles. The number of carbonyl (C=O) groups is 1. The molecule has 0 spiro atoms. The Bertz CT molecular complexity index is 412. The van der Waals surface area contributed by atoms with Gasteiger partial charge in [0.1, 0.15) is 0 Å². The molecule has 3 rings (SSSR count). The van der Waals surface area contributed by atoms with Gasteiger partial charge in [0.2, 0.25) is 0 Å². The normalized spacial score (nSPS) is 22.8. The smallest absolute Gasteiger partial charge is 0.261 e. The summed E-state index contributed by atoms with van der Waals surface area (Å²) < 4.78 is 5.51. The van der Waals surface area contributed by atoms with Crippen LogP contribution in [0.2, 0.25) is 0 Å². The van der Waals surface area contributed by atoms with Crippen LogP contribution in [0.25, 0.3) is 0 Å². The zero-order valence-electron chi connectivity index (χ0n) is 10.5. The highest BCUT2D eigenvalue weighted by molar-refractivity contribution is 7.14. The molecule has 1 aromatic rings. The van der Waals surface area contributed by atoms with Crippen molar-refractivity contribution in [2.24, 2.45) is 0 Å². The predicted molar refractivity (Wildman–Crippen MR) is 72.3 cm³/mol. The van der Waals surface area contributed by atoms with Gasteiger partial charge in [-0.1, -0.05) is 0 Å². The van der Waals surface area contributed by atoms with Gasteiger partial charge in [0, 0.05) is 18.0 Å². The quantitative estimate of drug-likeness (QED) is 0.912. The zero-order chi connectivity index (χ0) is 12.4. The molecule has 4 heteroatoms. The summed E-state index contributed by atoms with van der Waals surface area (Å²) >= 11 is 1.67. The summed E-state index contributed by atoms with van der Waals surface area (Å²) in [6.07, 6.45) is 7.24. The van der Waals surface area contributed by atoms with E-state index in [4.69, 9.17) is 4.74 Å². The van der Waals surface area contributed by atoms with Gasteiger partial charge in [0.05, 0.1) is 11.0 Å². The Morgan fingerprint density at radius 2 is 2.28 bits per heavy atom. The molecule has 1 fully saturated rings. The summed E-state index contributed by atoms with van der Waals surface area (Å²) in [5, 5.41) is 3.00. The van der Waals surface area contributed by atoms with Gasteiger partial charge < -0.3 is 10.1 Å². The molecule has 0 radical (unpaired) electrons. The first-order valence-corrected chi connectivity index (χ1v) is 7.66. The molecular weight excluding hydrogens is 246 g/mol. The number of fused-ring (bicyclic) bond motifs is 1. The van der Waals surface area contributed by atoms with Crippen LogP contribution in [0.4, 0.5) is 0 Å². The topological polar surface area (TPSA) is 38.3 Å². The van der Waals surface area contributed by atoms with E-state index in [1.807, 2.05) is 0 Å². The number of hydrogen-bond donors (Lipinski definition) is 1. The second-order valence-corrected chi connectivity index (χ2v) is 6.25. The SMILES string of the molecule is O=C(NC[C@@H]1CCCO1)c1cc2c(s1)CCCC2. The van der Waals surface area contributed by atoms with Gasteiger partial charge in [-0.05, 0) is 50.2 Å². The Morgan fingerprint density at radius 1 is 1.39 bits per heavy atom. The van der Waals surface area contributed by atoms with Crippen LogP contribution >= 0.6 is 11.3 Å². The van der Waals surface area contributed by atoms with Crippen molar-refractivity contribution in [2.75, 3.05) is 13.2 Å². The molecule has 1 N–H and O–H groups in total. The maximum Gasteiger partial charge on any atom is 0.261 e. The predicted octanol–water partition coefficient (Wildman–Crippen LogP) is 2.54. The summed E-state index contributed by atoms with van der Waals surface area (Å²) in [7, 11) is 0. The van der Waals surface area contributed by atoms with Crippen LogP contribution in [-0.4, -0.2) is 25.2 Å². The van der Waals surface area contributed by atoms with Gasteiger partial charge in [-0.2, -0.15) is 0 Å². The van der Waals surface area contributed by atoms with E-state index in [9.17, 15) is 4.79 Å². The Morgan fingerprint density at radius 3 is 3.06 bits per heavy atom. The lowest BCUT2D eigenvalue weighted by molar-refractivity contribution is 0.0861. The average Bonchev–Trinajstić information content (AvgIpc) is 3.04. The van der Waals surface area contributed by atoms with Crippen LogP contribution in [0.1, 0.15) is 45.8 Å². The fraction of sp³-hybridized carbons (Fsp3) is 0.643. The molecule has 98 valence electrons. The lowest BCUT2D eigenvalue weighted by Crippen LogP contribution is -2.31. The fourth-order valence-corrected chi connectivity index (χ4v) is 3.87. The molecule has 2 aliphatic rings. The lowest BCUT2D eigenvalue weighted by atomic mass is 9.99. The number of carbonyl (C=O) groups excluding carboxylic acids is 1. The van der Waals surface area contributed by atoms with Crippen molar-refractivity contribution in [1.82, 2.24) is 5.32 Å². The molecule has 1 saturated heterocycles. The third-order valence-corrected chi connectivity index (χ3v) is 4.97. The summed E-state index contributed by atoms with van der Waals surface area (Å²) in [4.78, 5) is 14.4. The van der Waals surface area contributed by atoms with Gasteiger partial charge in [-0.3, -0.25) is 4.79 Å². The van der Waals surface area contributed by atoms with Gasteiger partial charge in [-0.15, -0.1) is 11.3 Å². The number of nitrogens with one attached hydrogen (secondary N) is 1. The van der Waals surface area contributed by atoms with E-state index in [0.717, 1.165) is 37.2 Å².